The molecular formula is C16H15F3N2O3. The van der Waals surface area contributed by atoms with Crippen LogP contribution in [-0.2, 0) is 22.2 Å². The number of alkyl halides is 3. The first-order chi connectivity index (χ1) is 11.4. The molecule has 0 aliphatic carbocycles. The zero-order valence-corrected chi connectivity index (χ0v) is 12.6. The van der Waals surface area contributed by atoms with E-state index in [2.05, 4.69) is 5.10 Å². The van der Waals surface area contributed by atoms with Crippen molar-refractivity contribution in [3.05, 3.63) is 52.3 Å². The quantitative estimate of drug-likeness (QED) is 0.859. The van der Waals surface area contributed by atoms with Crippen LogP contribution in [0.1, 0.15) is 12.0 Å². The van der Waals surface area contributed by atoms with E-state index in [-0.39, 0.29) is 18.7 Å². The van der Waals surface area contributed by atoms with Crippen molar-refractivity contribution in [3.63, 3.8) is 0 Å². The molecule has 1 aliphatic heterocycles. The first kappa shape index (κ1) is 16.7. The van der Waals surface area contributed by atoms with E-state index in [9.17, 15) is 18.0 Å². The first-order valence-electron chi connectivity index (χ1n) is 7.43. The molecule has 3 rings (SSSR count). The van der Waals surface area contributed by atoms with Crippen LogP contribution in [0, 0.1) is 0 Å². The van der Waals surface area contributed by atoms with Crippen LogP contribution in [0.15, 0.2) is 41.2 Å². The molecule has 0 radical (unpaired) electrons. The highest BCUT2D eigenvalue weighted by molar-refractivity contribution is 5.59. The molecule has 1 aliphatic rings. The molecule has 0 saturated carbocycles. The van der Waals surface area contributed by atoms with Gasteiger partial charge in [0.2, 0.25) is 0 Å². The molecule has 0 amide bonds. The molecule has 1 aromatic heterocycles. The molecule has 1 fully saturated rings. The van der Waals surface area contributed by atoms with Crippen molar-refractivity contribution in [2.45, 2.75) is 25.4 Å². The van der Waals surface area contributed by atoms with Crippen molar-refractivity contribution in [1.29, 1.82) is 0 Å². The van der Waals surface area contributed by atoms with Crippen molar-refractivity contribution in [2.75, 3.05) is 13.2 Å². The van der Waals surface area contributed by atoms with Crippen LogP contribution >= 0.6 is 0 Å². The van der Waals surface area contributed by atoms with Crippen LogP contribution in [0.2, 0.25) is 0 Å². The minimum Gasteiger partial charge on any atom is -0.350 e. The van der Waals surface area contributed by atoms with Crippen LogP contribution in [0.5, 0.6) is 0 Å². The van der Waals surface area contributed by atoms with Crippen molar-refractivity contribution in [1.82, 2.24) is 9.78 Å². The van der Waals surface area contributed by atoms with Gasteiger partial charge in [-0.3, -0.25) is 4.79 Å². The lowest BCUT2D eigenvalue weighted by atomic mass is 10.1. The number of halogens is 3. The normalized spacial score (nSPS) is 15.8. The van der Waals surface area contributed by atoms with Crippen molar-refractivity contribution in [3.8, 4) is 11.3 Å². The van der Waals surface area contributed by atoms with Gasteiger partial charge >= 0.3 is 6.18 Å². The number of aromatic nitrogens is 2. The predicted molar refractivity (Wildman–Crippen MR) is 79.2 cm³/mol. The lowest BCUT2D eigenvalue weighted by molar-refractivity contribution is -0.139. The third kappa shape index (κ3) is 3.65. The second-order valence-corrected chi connectivity index (χ2v) is 5.30. The Labute approximate surface area is 135 Å². The maximum Gasteiger partial charge on any atom is 0.421 e. The number of hydrogen-bond donors (Lipinski definition) is 0. The standard InChI is InChI=1S/C16H15F3N2O3/c17-16(18,19)12-10-13(11-4-2-1-3-5-11)20-21(15(12)22)7-6-14-23-8-9-24-14/h1-5,10,14H,6-9H2. The second-order valence-electron chi connectivity index (χ2n) is 5.30. The van der Waals surface area contributed by atoms with Gasteiger partial charge in [0.1, 0.15) is 5.56 Å². The molecule has 0 unspecified atom stereocenters. The Morgan fingerprint density at radius 3 is 2.46 bits per heavy atom. The second kappa shape index (κ2) is 6.74. The summed E-state index contributed by atoms with van der Waals surface area (Å²) in [6.07, 6.45) is -5.01. The smallest absolute Gasteiger partial charge is 0.350 e. The highest BCUT2D eigenvalue weighted by atomic mass is 19.4. The molecule has 24 heavy (non-hydrogen) atoms. The Morgan fingerprint density at radius 1 is 1.17 bits per heavy atom. The van der Waals surface area contributed by atoms with Gasteiger partial charge in [-0.25, -0.2) is 4.68 Å². The molecular weight excluding hydrogens is 325 g/mol. The number of nitrogens with zero attached hydrogens (tertiary/aromatic N) is 2. The van der Waals surface area contributed by atoms with Gasteiger partial charge < -0.3 is 9.47 Å². The summed E-state index contributed by atoms with van der Waals surface area (Å²) in [7, 11) is 0. The third-order valence-corrected chi connectivity index (χ3v) is 3.62. The summed E-state index contributed by atoms with van der Waals surface area (Å²) in [5.41, 5.74) is -1.80. The SMILES string of the molecule is O=c1c(C(F)(F)F)cc(-c2ccccc2)nn1CCC1OCCO1. The molecule has 0 N–H and O–H groups in total. The van der Waals surface area contributed by atoms with E-state index < -0.39 is 23.6 Å². The summed E-state index contributed by atoms with van der Waals surface area (Å²) < 4.78 is 50.8. The summed E-state index contributed by atoms with van der Waals surface area (Å²) >= 11 is 0. The van der Waals surface area contributed by atoms with Gasteiger partial charge in [0.15, 0.2) is 6.29 Å². The van der Waals surface area contributed by atoms with E-state index in [1.807, 2.05) is 0 Å². The van der Waals surface area contributed by atoms with Crippen LogP contribution in [0.3, 0.4) is 0 Å². The lowest BCUT2D eigenvalue weighted by Crippen LogP contribution is -2.32. The fourth-order valence-corrected chi connectivity index (χ4v) is 2.45. The molecule has 5 nitrogen and oxygen atoms in total. The molecule has 0 bridgehead atoms. The zero-order chi connectivity index (χ0) is 17.2. The largest absolute Gasteiger partial charge is 0.421 e. The Kier molecular flexibility index (Phi) is 4.68. The fraction of sp³-hybridized carbons (Fsp3) is 0.375. The van der Waals surface area contributed by atoms with E-state index in [0.717, 1.165) is 10.7 Å². The highest BCUT2D eigenvalue weighted by Crippen LogP contribution is 2.29. The van der Waals surface area contributed by atoms with Gasteiger partial charge in [-0.05, 0) is 6.07 Å². The molecule has 1 aromatic carbocycles. The van der Waals surface area contributed by atoms with Crippen LogP contribution in [0.4, 0.5) is 13.2 Å². The fourth-order valence-electron chi connectivity index (χ4n) is 2.45. The summed E-state index contributed by atoms with van der Waals surface area (Å²) in [5, 5.41) is 4.07. The monoisotopic (exact) mass is 340 g/mol. The van der Waals surface area contributed by atoms with E-state index >= 15 is 0 Å². The van der Waals surface area contributed by atoms with E-state index in [0.29, 0.717) is 18.8 Å². The summed E-state index contributed by atoms with van der Waals surface area (Å²) in [4.78, 5) is 12.1. The zero-order valence-electron chi connectivity index (χ0n) is 12.6. The summed E-state index contributed by atoms with van der Waals surface area (Å²) in [6, 6.07) is 9.20. The van der Waals surface area contributed by atoms with Crippen LogP contribution in [-0.4, -0.2) is 29.3 Å². The van der Waals surface area contributed by atoms with Gasteiger partial charge in [0, 0.05) is 18.5 Å². The highest BCUT2D eigenvalue weighted by Gasteiger charge is 2.35. The van der Waals surface area contributed by atoms with Gasteiger partial charge in [-0.1, -0.05) is 30.3 Å². The van der Waals surface area contributed by atoms with Gasteiger partial charge in [-0.15, -0.1) is 0 Å². The number of ether oxygens (including phenoxy) is 2. The molecule has 0 spiro atoms. The average Bonchev–Trinajstić information content (AvgIpc) is 3.07. The summed E-state index contributed by atoms with van der Waals surface area (Å²) in [6.45, 7) is 0.850. The topological polar surface area (TPSA) is 53.4 Å². The average molecular weight is 340 g/mol. The molecule has 8 heteroatoms. The van der Waals surface area contributed by atoms with Gasteiger partial charge in [-0.2, -0.15) is 18.3 Å². The van der Waals surface area contributed by atoms with Crippen LogP contribution < -0.4 is 5.56 Å². The Morgan fingerprint density at radius 2 is 1.83 bits per heavy atom. The lowest BCUT2D eigenvalue weighted by Gasteiger charge is -2.14. The number of benzene rings is 1. The molecule has 128 valence electrons. The Hall–Kier alpha value is -2.19. The third-order valence-electron chi connectivity index (χ3n) is 3.62. The summed E-state index contributed by atoms with van der Waals surface area (Å²) in [5.74, 6) is 0. The molecule has 2 aromatic rings. The minimum absolute atomic E-state index is 0.0206. The van der Waals surface area contributed by atoms with Gasteiger partial charge in [0.05, 0.1) is 18.9 Å². The maximum atomic E-state index is 13.2. The Balaban J connectivity index is 1.98. The van der Waals surface area contributed by atoms with E-state index in [4.69, 9.17) is 9.47 Å². The minimum atomic E-state index is -4.74. The molecule has 1 saturated heterocycles. The maximum absolute atomic E-state index is 13.2. The van der Waals surface area contributed by atoms with Crippen LogP contribution in [0.25, 0.3) is 11.3 Å². The van der Waals surface area contributed by atoms with Crippen molar-refractivity contribution < 1.29 is 22.6 Å². The number of rotatable bonds is 4. The van der Waals surface area contributed by atoms with E-state index in [1.54, 1.807) is 30.3 Å². The van der Waals surface area contributed by atoms with Crippen molar-refractivity contribution in [2.24, 2.45) is 0 Å². The molecule has 2 heterocycles. The first-order valence-corrected chi connectivity index (χ1v) is 7.43. The van der Waals surface area contributed by atoms with Crippen molar-refractivity contribution >= 4 is 0 Å². The molecule has 0 atom stereocenters. The van der Waals surface area contributed by atoms with E-state index in [1.165, 1.54) is 0 Å². The predicted octanol–water partition coefficient (Wildman–Crippen LogP) is 2.69. The number of aryl methyl sites for hydroxylation is 1. The Bertz CT molecular complexity index is 753. The van der Waals surface area contributed by atoms with Gasteiger partial charge in [0.25, 0.3) is 5.56 Å². The number of hydrogen-bond acceptors (Lipinski definition) is 4.